The molecule has 0 aromatic carbocycles. The maximum Gasteiger partial charge on any atom is 0.304 e. The maximum atomic E-state index is 12.3. The summed E-state index contributed by atoms with van der Waals surface area (Å²) in [6, 6.07) is 0.167. The Bertz CT molecular complexity index is 405. The van der Waals surface area contributed by atoms with Crippen LogP contribution in [-0.4, -0.2) is 47.6 Å². The van der Waals surface area contributed by atoms with Crippen molar-refractivity contribution in [3.8, 4) is 0 Å². The number of nitrogens with one attached hydrogen (secondary N) is 1. The first-order valence-corrected chi connectivity index (χ1v) is 9.19. The van der Waals surface area contributed by atoms with Crippen LogP contribution in [0.15, 0.2) is 0 Å². The van der Waals surface area contributed by atoms with Crippen molar-refractivity contribution in [3.63, 3.8) is 0 Å². The van der Waals surface area contributed by atoms with Crippen molar-refractivity contribution in [2.24, 2.45) is 17.8 Å². The molecule has 2 rings (SSSR count). The van der Waals surface area contributed by atoms with Crippen molar-refractivity contribution in [1.29, 1.82) is 0 Å². The number of carbonyl (C=O) groups excluding carboxylic acids is 1. The van der Waals surface area contributed by atoms with Crippen LogP contribution in [0.25, 0.3) is 0 Å². The minimum atomic E-state index is -0.754. The van der Waals surface area contributed by atoms with Crippen molar-refractivity contribution >= 4 is 11.9 Å². The molecule has 1 heterocycles. The van der Waals surface area contributed by atoms with Gasteiger partial charge in [-0.3, -0.25) is 9.59 Å². The van der Waals surface area contributed by atoms with Crippen LogP contribution in [-0.2, 0) is 9.59 Å². The van der Waals surface area contributed by atoms with Crippen LogP contribution in [0.3, 0.4) is 0 Å². The molecular weight excluding hydrogens is 292 g/mol. The van der Waals surface area contributed by atoms with Gasteiger partial charge in [-0.2, -0.15) is 0 Å². The van der Waals surface area contributed by atoms with Gasteiger partial charge < -0.3 is 15.3 Å². The van der Waals surface area contributed by atoms with E-state index in [1.54, 1.807) is 0 Å². The quantitative estimate of drug-likeness (QED) is 0.720. The van der Waals surface area contributed by atoms with Crippen LogP contribution in [0.4, 0.5) is 0 Å². The molecule has 132 valence electrons. The second kappa shape index (κ2) is 8.67. The predicted molar refractivity (Wildman–Crippen MR) is 90.1 cm³/mol. The summed E-state index contributed by atoms with van der Waals surface area (Å²) in [4.78, 5) is 25.2. The smallest absolute Gasteiger partial charge is 0.304 e. The van der Waals surface area contributed by atoms with Crippen LogP contribution >= 0.6 is 0 Å². The fourth-order valence-electron chi connectivity index (χ4n) is 4.09. The first-order valence-electron chi connectivity index (χ1n) is 9.19. The highest BCUT2D eigenvalue weighted by Crippen LogP contribution is 2.29. The zero-order valence-electron chi connectivity index (χ0n) is 14.6. The predicted octanol–water partition coefficient (Wildman–Crippen LogP) is 2.50. The number of nitrogens with zero attached hydrogens (tertiary/aromatic N) is 1. The summed E-state index contributed by atoms with van der Waals surface area (Å²) in [5.41, 5.74) is 0. The number of carboxylic acid groups (broad SMARTS) is 1. The molecule has 1 aliphatic carbocycles. The largest absolute Gasteiger partial charge is 0.481 e. The van der Waals surface area contributed by atoms with Crippen LogP contribution in [0, 0.1) is 17.8 Å². The first-order chi connectivity index (χ1) is 11.0. The average Bonchev–Trinajstić information content (AvgIpc) is 3.12. The van der Waals surface area contributed by atoms with Gasteiger partial charge in [0.1, 0.15) is 0 Å². The van der Waals surface area contributed by atoms with E-state index in [4.69, 9.17) is 5.11 Å². The Labute approximate surface area is 139 Å². The lowest BCUT2D eigenvalue weighted by Gasteiger charge is -2.23. The highest BCUT2D eigenvalue weighted by molar-refractivity contribution is 5.76. The SMILES string of the molecule is CC(C)[C@H]1CN(CCC(=O)O)C[C@@H]1NC(=O)CCC1CCCC1. The van der Waals surface area contributed by atoms with Gasteiger partial charge in [0.25, 0.3) is 0 Å². The standard InChI is InChI=1S/C18H32N2O3/c1-13(2)15-11-20(10-9-18(22)23)12-16(15)19-17(21)8-7-14-5-3-4-6-14/h13-16H,3-12H2,1-2H3,(H,19,21)(H,22,23)/t15-,16+/m1/s1. The Morgan fingerprint density at radius 3 is 2.48 bits per heavy atom. The monoisotopic (exact) mass is 324 g/mol. The van der Waals surface area contributed by atoms with Crippen LogP contribution in [0.2, 0.25) is 0 Å². The molecule has 2 N–H and O–H groups in total. The third-order valence-corrected chi connectivity index (χ3v) is 5.54. The van der Waals surface area contributed by atoms with Gasteiger partial charge in [-0.05, 0) is 24.2 Å². The molecule has 23 heavy (non-hydrogen) atoms. The maximum absolute atomic E-state index is 12.3. The summed E-state index contributed by atoms with van der Waals surface area (Å²) < 4.78 is 0. The second-order valence-electron chi connectivity index (χ2n) is 7.67. The van der Waals surface area contributed by atoms with E-state index in [-0.39, 0.29) is 18.4 Å². The molecule has 1 saturated carbocycles. The summed E-state index contributed by atoms with van der Waals surface area (Å²) >= 11 is 0. The van der Waals surface area contributed by atoms with Crippen molar-refractivity contribution in [2.75, 3.05) is 19.6 Å². The molecule has 0 unspecified atom stereocenters. The number of carboxylic acids is 1. The number of hydrogen-bond acceptors (Lipinski definition) is 3. The zero-order chi connectivity index (χ0) is 16.8. The Hall–Kier alpha value is -1.10. The number of carbonyl (C=O) groups is 2. The third-order valence-electron chi connectivity index (χ3n) is 5.54. The molecule has 2 fully saturated rings. The molecule has 0 spiro atoms. The van der Waals surface area contributed by atoms with Crippen molar-refractivity contribution in [1.82, 2.24) is 10.2 Å². The normalized spacial score (nSPS) is 26.0. The van der Waals surface area contributed by atoms with Crippen LogP contribution in [0.1, 0.15) is 58.8 Å². The lowest BCUT2D eigenvalue weighted by Crippen LogP contribution is -2.42. The minimum absolute atomic E-state index is 0.167. The van der Waals surface area contributed by atoms with Gasteiger partial charge in [-0.25, -0.2) is 0 Å². The average molecular weight is 324 g/mol. The lowest BCUT2D eigenvalue weighted by molar-refractivity contribution is -0.137. The number of hydrogen-bond donors (Lipinski definition) is 2. The van der Waals surface area contributed by atoms with Gasteiger partial charge in [0, 0.05) is 32.1 Å². The van der Waals surface area contributed by atoms with Crippen molar-refractivity contribution in [3.05, 3.63) is 0 Å². The molecule has 0 radical (unpaired) electrons. The molecule has 1 amide bonds. The molecular formula is C18H32N2O3. The number of rotatable bonds is 8. The third kappa shape index (κ3) is 5.79. The fraction of sp³-hybridized carbons (Fsp3) is 0.889. The molecule has 2 atom stereocenters. The number of amides is 1. The lowest BCUT2D eigenvalue weighted by atomic mass is 9.91. The Kier molecular flexibility index (Phi) is 6.88. The molecule has 5 heteroatoms. The Morgan fingerprint density at radius 2 is 1.87 bits per heavy atom. The van der Waals surface area contributed by atoms with Crippen LogP contribution in [0.5, 0.6) is 0 Å². The van der Waals surface area contributed by atoms with E-state index in [1.165, 1.54) is 25.7 Å². The second-order valence-corrected chi connectivity index (χ2v) is 7.67. The summed E-state index contributed by atoms with van der Waals surface area (Å²) in [6.45, 7) is 6.61. The van der Waals surface area contributed by atoms with Gasteiger partial charge in [-0.15, -0.1) is 0 Å². The fourth-order valence-corrected chi connectivity index (χ4v) is 4.09. The number of likely N-dealkylation sites (tertiary alicyclic amines) is 1. The minimum Gasteiger partial charge on any atom is -0.481 e. The highest BCUT2D eigenvalue weighted by Gasteiger charge is 2.35. The molecule has 5 nitrogen and oxygen atoms in total. The van der Waals surface area contributed by atoms with Gasteiger partial charge in [0.2, 0.25) is 5.91 Å². The van der Waals surface area contributed by atoms with E-state index in [0.717, 1.165) is 25.4 Å². The van der Waals surface area contributed by atoms with Gasteiger partial charge in [-0.1, -0.05) is 39.5 Å². The summed E-state index contributed by atoms with van der Waals surface area (Å²) in [6.07, 6.45) is 7.05. The van der Waals surface area contributed by atoms with E-state index in [9.17, 15) is 9.59 Å². The van der Waals surface area contributed by atoms with E-state index in [2.05, 4.69) is 24.1 Å². The molecule has 1 saturated heterocycles. The van der Waals surface area contributed by atoms with Gasteiger partial charge in [0.15, 0.2) is 0 Å². The zero-order valence-corrected chi connectivity index (χ0v) is 14.6. The topological polar surface area (TPSA) is 69.6 Å². The summed E-state index contributed by atoms with van der Waals surface area (Å²) in [5.74, 6) is 1.07. The van der Waals surface area contributed by atoms with E-state index < -0.39 is 5.97 Å². The first kappa shape index (κ1) is 18.2. The van der Waals surface area contributed by atoms with Gasteiger partial charge >= 0.3 is 5.97 Å². The van der Waals surface area contributed by atoms with E-state index in [1.807, 2.05) is 0 Å². The van der Waals surface area contributed by atoms with Crippen molar-refractivity contribution < 1.29 is 14.7 Å². The van der Waals surface area contributed by atoms with Crippen molar-refractivity contribution in [2.45, 2.75) is 64.8 Å². The van der Waals surface area contributed by atoms with Crippen LogP contribution < -0.4 is 5.32 Å². The molecule has 0 aromatic heterocycles. The van der Waals surface area contributed by atoms with E-state index in [0.29, 0.717) is 24.8 Å². The molecule has 0 aromatic rings. The highest BCUT2D eigenvalue weighted by atomic mass is 16.4. The summed E-state index contributed by atoms with van der Waals surface area (Å²) in [7, 11) is 0. The van der Waals surface area contributed by atoms with Gasteiger partial charge in [0.05, 0.1) is 6.42 Å². The van der Waals surface area contributed by atoms with E-state index >= 15 is 0 Å². The molecule has 2 aliphatic rings. The molecule has 0 bridgehead atoms. The Balaban J connectivity index is 1.78. The molecule has 1 aliphatic heterocycles. The Morgan fingerprint density at radius 1 is 1.17 bits per heavy atom. The summed E-state index contributed by atoms with van der Waals surface area (Å²) in [5, 5.41) is 12.1. The number of aliphatic carboxylic acids is 1.